The summed E-state index contributed by atoms with van der Waals surface area (Å²) in [5, 5.41) is 12.3. The minimum absolute atomic E-state index is 0.200. The standard InChI is InChI=1S/C18H23NO4/c20-17(21)15-13-9-5-2-6-10-14(13)16(15)19-18(22)23-11-12-7-3-1-4-8-12/h1,3-4,7-8,13-16H,2,5-6,9-11H2,(H,19,22)(H,20,21)/t13-,14+,15-,16+/m0/s1. The minimum Gasteiger partial charge on any atom is -0.481 e. The summed E-state index contributed by atoms with van der Waals surface area (Å²) in [6, 6.07) is 9.16. The highest BCUT2D eigenvalue weighted by molar-refractivity contribution is 5.75. The highest BCUT2D eigenvalue weighted by Gasteiger charge is 2.54. The summed E-state index contributed by atoms with van der Waals surface area (Å²) in [5.41, 5.74) is 0.915. The molecule has 0 heterocycles. The number of nitrogens with one attached hydrogen (secondary N) is 1. The van der Waals surface area contributed by atoms with Crippen LogP contribution in [0.3, 0.4) is 0 Å². The molecule has 2 aliphatic rings. The molecule has 0 aromatic heterocycles. The van der Waals surface area contributed by atoms with Gasteiger partial charge in [0.2, 0.25) is 0 Å². The molecule has 2 N–H and O–H groups in total. The molecule has 3 rings (SSSR count). The second kappa shape index (κ2) is 7.02. The van der Waals surface area contributed by atoms with Crippen molar-refractivity contribution in [1.29, 1.82) is 0 Å². The van der Waals surface area contributed by atoms with Crippen molar-refractivity contribution in [2.45, 2.75) is 44.8 Å². The average molecular weight is 317 g/mol. The lowest BCUT2D eigenvalue weighted by atomic mass is 9.58. The van der Waals surface area contributed by atoms with E-state index >= 15 is 0 Å². The fourth-order valence-electron chi connectivity index (χ4n) is 4.08. The molecule has 2 fully saturated rings. The monoisotopic (exact) mass is 317 g/mol. The number of rotatable bonds is 4. The lowest BCUT2D eigenvalue weighted by Gasteiger charge is -2.49. The second-order valence-corrected chi connectivity index (χ2v) is 6.56. The highest BCUT2D eigenvalue weighted by Crippen LogP contribution is 2.48. The van der Waals surface area contributed by atoms with Crippen LogP contribution in [0.4, 0.5) is 4.79 Å². The van der Waals surface area contributed by atoms with Gasteiger partial charge in [0.15, 0.2) is 0 Å². The third-order valence-corrected chi connectivity index (χ3v) is 5.22. The number of carbonyl (C=O) groups excluding carboxylic acids is 1. The average Bonchev–Trinajstić information content (AvgIpc) is 2.74. The number of aliphatic carboxylic acids is 1. The quantitative estimate of drug-likeness (QED) is 0.894. The molecule has 23 heavy (non-hydrogen) atoms. The van der Waals surface area contributed by atoms with Gasteiger partial charge < -0.3 is 15.2 Å². The van der Waals surface area contributed by atoms with Crippen LogP contribution in [0, 0.1) is 17.8 Å². The maximum Gasteiger partial charge on any atom is 0.407 e. The van der Waals surface area contributed by atoms with E-state index in [1.54, 1.807) is 0 Å². The Morgan fingerprint density at radius 3 is 2.48 bits per heavy atom. The summed E-state index contributed by atoms with van der Waals surface area (Å²) in [4.78, 5) is 23.5. The van der Waals surface area contributed by atoms with Crippen molar-refractivity contribution in [1.82, 2.24) is 5.32 Å². The summed E-state index contributed by atoms with van der Waals surface area (Å²) in [6.07, 6.45) is 4.80. The van der Waals surface area contributed by atoms with E-state index in [-0.39, 0.29) is 24.5 Å². The summed E-state index contributed by atoms with van der Waals surface area (Å²) < 4.78 is 5.23. The smallest absolute Gasteiger partial charge is 0.407 e. The summed E-state index contributed by atoms with van der Waals surface area (Å²) in [6.45, 7) is 0.200. The minimum atomic E-state index is -0.804. The fourth-order valence-corrected chi connectivity index (χ4v) is 4.08. The van der Waals surface area contributed by atoms with Crippen LogP contribution in [0.15, 0.2) is 30.3 Å². The van der Waals surface area contributed by atoms with Crippen LogP contribution >= 0.6 is 0 Å². The molecule has 1 aromatic carbocycles. The Hall–Kier alpha value is -2.04. The fraction of sp³-hybridized carbons (Fsp3) is 0.556. The summed E-state index contributed by atoms with van der Waals surface area (Å²) in [5.74, 6) is -0.791. The van der Waals surface area contributed by atoms with Gasteiger partial charge in [0.25, 0.3) is 0 Å². The van der Waals surface area contributed by atoms with Crippen LogP contribution in [0.5, 0.6) is 0 Å². The van der Waals surface area contributed by atoms with Gasteiger partial charge in [-0.25, -0.2) is 4.79 Å². The van der Waals surface area contributed by atoms with E-state index in [4.69, 9.17) is 4.74 Å². The second-order valence-electron chi connectivity index (χ2n) is 6.56. The maximum absolute atomic E-state index is 12.0. The lowest BCUT2D eigenvalue weighted by Crippen LogP contribution is -2.62. The van der Waals surface area contributed by atoms with E-state index in [0.29, 0.717) is 0 Å². The van der Waals surface area contributed by atoms with Crippen molar-refractivity contribution in [3.05, 3.63) is 35.9 Å². The molecule has 5 heteroatoms. The van der Waals surface area contributed by atoms with Crippen LogP contribution in [0.25, 0.3) is 0 Å². The van der Waals surface area contributed by atoms with Crippen molar-refractivity contribution in [3.63, 3.8) is 0 Å². The van der Waals surface area contributed by atoms with Gasteiger partial charge in [0.1, 0.15) is 6.61 Å². The van der Waals surface area contributed by atoms with E-state index < -0.39 is 18.0 Å². The SMILES string of the molecule is O=C(N[C@@H]1[C@@H]2CCCCC[C@@H]2[C@@H]1C(=O)O)OCc1ccccc1. The number of carboxylic acids is 1. The molecule has 2 aliphatic carbocycles. The molecule has 2 saturated carbocycles. The van der Waals surface area contributed by atoms with Gasteiger partial charge in [-0.3, -0.25) is 4.79 Å². The molecule has 0 aliphatic heterocycles. The molecule has 0 spiro atoms. The van der Waals surface area contributed by atoms with Gasteiger partial charge in [-0.05, 0) is 30.2 Å². The zero-order chi connectivity index (χ0) is 16.2. The predicted molar refractivity (Wildman–Crippen MR) is 84.7 cm³/mol. The van der Waals surface area contributed by atoms with Crippen molar-refractivity contribution in [2.24, 2.45) is 17.8 Å². The molecule has 0 bridgehead atoms. The first kappa shape index (κ1) is 15.8. The first-order valence-corrected chi connectivity index (χ1v) is 8.37. The molecule has 0 unspecified atom stereocenters. The van der Waals surface area contributed by atoms with Gasteiger partial charge in [-0.2, -0.15) is 0 Å². The zero-order valence-electron chi connectivity index (χ0n) is 13.1. The van der Waals surface area contributed by atoms with Gasteiger partial charge in [0, 0.05) is 6.04 Å². The number of amides is 1. The van der Waals surface area contributed by atoms with E-state index in [1.165, 1.54) is 0 Å². The highest BCUT2D eigenvalue weighted by atomic mass is 16.5. The Bertz CT molecular complexity index is 559. The number of carboxylic acid groups (broad SMARTS) is 1. The van der Waals surface area contributed by atoms with Crippen molar-refractivity contribution in [2.75, 3.05) is 0 Å². The Morgan fingerprint density at radius 2 is 1.78 bits per heavy atom. The molecular formula is C18H23NO4. The van der Waals surface area contributed by atoms with E-state index in [2.05, 4.69) is 5.32 Å². The molecular weight excluding hydrogens is 294 g/mol. The first-order valence-electron chi connectivity index (χ1n) is 8.37. The summed E-state index contributed by atoms with van der Waals surface area (Å²) >= 11 is 0. The van der Waals surface area contributed by atoms with Gasteiger partial charge in [-0.1, -0.05) is 49.6 Å². The number of ether oxygens (including phenoxy) is 1. The Kier molecular flexibility index (Phi) is 4.84. The van der Waals surface area contributed by atoms with Gasteiger partial charge in [0.05, 0.1) is 5.92 Å². The Balaban J connectivity index is 1.56. The van der Waals surface area contributed by atoms with Crippen LogP contribution in [0.1, 0.15) is 37.7 Å². The molecule has 1 aromatic rings. The number of carbonyl (C=O) groups is 2. The van der Waals surface area contributed by atoms with Crippen LogP contribution in [-0.2, 0) is 16.1 Å². The van der Waals surface area contributed by atoms with Crippen molar-refractivity contribution >= 4 is 12.1 Å². The first-order chi connectivity index (χ1) is 11.2. The maximum atomic E-state index is 12.0. The summed E-state index contributed by atoms with van der Waals surface area (Å²) in [7, 11) is 0. The number of hydrogen-bond donors (Lipinski definition) is 2. The molecule has 0 radical (unpaired) electrons. The van der Waals surface area contributed by atoms with Gasteiger partial charge in [-0.15, -0.1) is 0 Å². The van der Waals surface area contributed by atoms with E-state index in [9.17, 15) is 14.7 Å². The van der Waals surface area contributed by atoms with E-state index in [0.717, 1.165) is 37.7 Å². The number of hydrogen-bond acceptors (Lipinski definition) is 3. The van der Waals surface area contributed by atoms with E-state index in [1.807, 2.05) is 30.3 Å². The zero-order valence-corrected chi connectivity index (χ0v) is 13.1. The van der Waals surface area contributed by atoms with Crippen LogP contribution in [0.2, 0.25) is 0 Å². The largest absolute Gasteiger partial charge is 0.481 e. The van der Waals surface area contributed by atoms with Gasteiger partial charge >= 0.3 is 12.1 Å². The predicted octanol–water partition coefficient (Wildman–Crippen LogP) is 3.19. The number of alkyl carbamates (subject to hydrolysis) is 1. The number of fused-ring (bicyclic) bond motifs is 1. The topological polar surface area (TPSA) is 75.6 Å². The molecule has 124 valence electrons. The van der Waals surface area contributed by atoms with Crippen molar-refractivity contribution < 1.29 is 19.4 Å². The normalized spacial score (nSPS) is 29.6. The Morgan fingerprint density at radius 1 is 1.09 bits per heavy atom. The Labute approximate surface area is 136 Å². The molecule has 0 saturated heterocycles. The molecule has 4 atom stereocenters. The molecule has 1 amide bonds. The number of benzene rings is 1. The lowest BCUT2D eigenvalue weighted by molar-refractivity contribution is -0.154. The molecule has 5 nitrogen and oxygen atoms in total. The third-order valence-electron chi connectivity index (χ3n) is 5.22. The van der Waals surface area contributed by atoms with Crippen molar-refractivity contribution in [3.8, 4) is 0 Å². The third kappa shape index (κ3) is 3.49. The van der Waals surface area contributed by atoms with Crippen LogP contribution in [-0.4, -0.2) is 23.2 Å². The van der Waals surface area contributed by atoms with Crippen LogP contribution < -0.4 is 5.32 Å².